The summed E-state index contributed by atoms with van der Waals surface area (Å²) in [5.74, 6) is -0.265. The summed E-state index contributed by atoms with van der Waals surface area (Å²) >= 11 is 1.41. The molecule has 106 valence electrons. The van der Waals surface area contributed by atoms with Crippen molar-refractivity contribution in [3.63, 3.8) is 0 Å². The molecule has 0 spiro atoms. The number of ketones is 1. The highest BCUT2D eigenvalue weighted by Gasteiger charge is 2.13. The molecule has 0 aliphatic heterocycles. The Labute approximate surface area is 127 Å². The second-order valence-electron chi connectivity index (χ2n) is 5.07. The quantitative estimate of drug-likeness (QED) is 0.603. The van der Waals surface area contributed by atoms with Gasteiger partial charge in [-0.1, -0.05) is 31.5 Å². The van der Waals surface area contributed by atoms with Gasteiger partial charge >= 0.3 is 0 Å². The first-order valence-electron chi connectivity index (χ1n) is 7.00. The van der Waals surface area contributed by atoms with E-state index in [1.807, 2.05) is 24.3 Å². The maximum absolute atomic E-state index is 13.2. The molecule has 0 fully saturated rings. The highest BCUT2D eigenvalue weighted by atomic mass is 32.1. The van der Waals surface area contributed by atoms with E-state index in [0.717, 1.165) is 22.9 Å². The minimum atomic E-state index is -0.274. The van der Waals surface area contributed by atoms with Crippen molar-refractivity contribution >= 4 is 27.2 Å². The zero-order chi connectivity index (χ0) is 14.8. The van der Waals surface area contributed by atoms with Crippen LogP contribution in [-0.2, 0) is 6.42 Å². The molecule has 0 saturated carbocycles. The molecule has 0 unspecified atom stereocenters. The number of halogens is 1. The molecular weight excluding hydrogens is 283 g/mol. The van der Waals surface area contributed by atoms with Crippen molar-refractivity contribution in [2.45, 2.75) is 19.8 Å². The van der Waals surface area contributed by atoms with Crippen LogP contribution in [0.3, 0.4) is 0 Å². The Bertz CT molecular complexity index is 804. The van der Waals surface area contributed by atoms with Gasteiger partial charge in [0.05, 0.1) is 4.88 Å². The summed E-state index contributed by atoms with van der Waals surface area (Å²) in [7, 11) is 0. The fourth-order valence-electron chi connectivity index (χ4n) is 2.43. The Morgan fingerprint density at radius 2 is 2.00 bits per heavy atom. The minimum absolute atomic E-state index is 0.00885. The normalized spacial score (nSPS) is 11.0. The molecule has 2 aromatic carbocycles. The molecule has 0 saturated heterocycles. The van der Waals surface area contributed by atoms with Crippen molar-refractivity contribution < 1.29 is 9.18 Å². The van der Waals surface area contributed by atoms with Crippen LogP contribution in [0, 0.1) is 5.82 Å². The third-order valence-electron chi connectivity index (χ3n) is 3.43. The number of hydrogen-bond acceptors (Lipinski definition) is 2. The first kappa shape index (κ1) is 14.0. The summed E-state index contributed by atoms with van der Waals surface area (Å²) < 4.78 is 14.2. The topological polar surface area (TPSA) is 17.1 Å². The Hall–Kier alpha value is -2.00. The summed E-state index contributed by atoms with van der Waals surface area (Å²) in [6.07, 6.45) is 2.03. The Balaban J connectivity index is 1.97. The summed E-state index contributed by atoms with van der Waals surface area (Å²) in [4.78, 5) is 13.2. The summed E-state index contributed by atoms with van der Waals surface area (Å²) in [6, 6.07) is 14.2. The van der Waals surface area contributed by atoms with Crippen molar-refractivity contribution in [1.82, 2.24) is 0 Å². The molecular formula is C18H15FOS. The van der Waals surface area contributed by atoms with Crippen LogP contribution in [0.4, 0.5) is 4.39 Å². The van der Waals surface area contributed by atoms with Gasteiger partial charge in [0.15, 0.2) is 0 Å². The molecule has 21 heavy (non-hydrogen) atoms. The molecule has 0 radical (unpaired) electrons. The number of fused-ring (bicyclic) bond motifs is 1. The van der Waals surface area contributed by atoms with Gasteiger partial charge in [-0.3, -0.25) is 4.79 Å². The monoisotopic (exact) mass is 298 g/mol. The van der Waals surface area contributed by atoms with Gasteiger partial charge in [0.25, 0.3) is 0 Å². The van der Waals surface area contributed by atoms with Crippen molar-refractivity contribution in [2.75, 3.05) is 0 Å². The molecule has 3 aromatic rings. The predicted octanol–water partition coefficient (Wildman–Crippen LogP) is 5.22. The highest BCUT2D eigenvalue weighted by Crippen LogP contribution is 2.28. The van der Waals surface area contributed by atoms with E-state index in [2.05, 4.69) is 6.92 Å². The number of carbonyl (C=O) groups is 1. The first-order valence-corrected chi connectivity index (χ1v) is 7.82. The van der Waals surface area contributed by atoms with Crippen LogP contribution in [0.2, 0.25) is 0 Å². The molecule has 0 bridgehead atoms. The Morgan fingerprint density at radius 1 is 1.14 bits per heavy atom. The maximum Gasteiger partial charge on any atom is 0.202 e. The van der Waals surface area contributed by atoms with Crippen molar-refractivity contribution in [1.29, 1.82) is 0 Å². The molecule has 0 aliphatic carbocycles. The maximum atomic E-state index is 13.2. The van der Waals surface area contributed by atoms with Gasteiger partial charge in [-0.25, -0.2) is 4.39 Å². The van der Waals surface area contributed by atoms with Gasteiger partial charge in [0.2, 0.25) is 5.78 Å². The smallest absolute Gasteiger partial charge is 0.202 e. The second kappa shape index (κ2) is 5.78. The van der Waals surface area contributed by atoms with Crippen LogP contribution in [0.5, 0.6) is 0 Å². The fourth-order valence-corrected chi connectivity index (χ4v) is 3.43. The van der Waals surface area contributed by atoms with Gasteiger partial charge in [0, 0.05) is 10.3 Å². The molecule has 3 heteroatoms. The van der Waals surface area contributed by atoms with Crippen LogP contribution in [0.1, 0.15) is 34.1 Å². The number of rotatable bonds is 4. The number of benzene rings is 2. The van der Waals surface area contributed by atoms with Gasteiger partial charge in [-0.2, -0.15) is 0 Å². The molecule has 0 atom stereocenters. The average Bonchev–Trinajstić information content (AvgIpc) is 2.90. The second-order valence-corrected chi connectivity index (χ2v) is 6.16. The average molecular weight is 298 g/mol. The van der Waals surface area contributed by atoms with Crippen molar-refractivity contribution in [3.8, 4) is 0 Å². The molecule has 1 heterocycles. The summed E-state index contributed by atoms with van der Waals surface area (Å²) in [5, 5.41) is 0.785. The fraction of sp³-hybridized carbons (Fsp3) is 0.167. The summed E-state index contributed by atoms with van der Waals surface area (Å²) in [6.45, 7) is 2.12. The van der Waals surface area contributed by atoms with E-state index in [-0.39, 0.29) is 11.6 Å². The van der Waals surface area contributed by atoms with E-state index in [0.29, 0.717) is 10.4 Å². The van der Waals surface area contributed by atoms with Crippen molar-refractivity contribution in [3.05, 3.63) is 70.4 Å². The van der Waals surface area contributed by atoms with Gasteiger partial charge in [0.1, 0.15) is 5.82 Å². The number of carbonyl (C=O) groups excluding carboxylic acids is 1. The molecule has 0 amide bonds. The Kier molecular flexibility index (Phi) is 3.84. The summed E-state index contributed by atoms with van der Waals surface area (Å²) in [5.41, 5.74) is 1.88. The van der Waals surface area contributed by atoms with E-state index in [1.54, 1.807) is 12.1 Å². The molecule has 0 N–H and O–H groups in total. The van der Waals surface area contributed by atoms with Crippen LogP contribution in [0.25, 0.3) is 10.1 Å². The van der Waals surface area contributed by atoms with E-state index in [1.165, 1.54) is 29.0 Å². The SMILES string of the molecule is CCCc1cccc(C(=O)c2cc3cc(F)ccc3s2)c1. The zero-order valence-electron chi connectivity index (χ0n) is 11.7. The van der Waals surface area contributed by atoms with E-state index < -0.39 is 0 Å². The lowest BCUT2D eigenvalue weighted by Gasteiger charge is -2.02. The third-order valence-corrected chi connectivity index (χ3v) is 4.54. The van der Waals surface area contributed by atoms with Crippen LogP contribution in [0.15, 0.2) is 48.5 Å². The first-order chi connectivity index (χ1) is 10.2. The lowest BCUT2D eigenvalue weighted by atomic mass is 10.0. The molecule has 1 aromatic heterocycles. The van der Waals surface area contributed by atoms with Gasteiger partial charge in [-0.15, -0.1) is 11.3 Å². The van der Waals surface area contributed by atoms with E-state index >= 15 is 0 Å². The van der Waals surface area contributed by atoms with Crippen molar-refractivity contribution in [2.24, 2.45) is 0 Å². The minimum Gasteiger partial charge on any atom is -0.288 e. The highest BCUT2D eigenvalue weighted by molar-refractivity contribution is 7.21. The van der Waals surface area contributed by atoms with Gasteiger partial charge < -0.3 is 0 Å². The molecule has 0 aliphatic rings. The van der Waals surface area contributed by atoms with E-state index in [4.69, 9.17) is 0 Å². The zero-order valence-corrected chi connectivity index (χ0v) is 12.5. The molecule has 1 nitrogen and oxygen atoms in total. The number of hydrogen-bond donors (Lipinski definition) is 0. The van der Waals surface area contributed by atoms with E-state index in [9.17, 15) is 9.18 Å². The third kappa shape index (κ3) is 2.88. The van der Waals surface area contributed by atoms with Gasteiger partial charge in [-0.05, 0) is 47.7 Å². The number of thiophene rings is 1. The van der Waals surface area contributed by atoms with Crippen LogP contribution in [-0.4, -0.2) is 5.78 Å². The van der Waals surface area contributed by atoms with Crippen LogP contribution < -0.4 is 0 Å². The predicted molar refractivity (Wildman–Crippen MR) is 85.7 cm³/mol. The largest absolute Gasteiger partial charge is 0.288 e. The van der Waals surface area contributed by atoms with Crippen LogP contribution >= 0.6 is 11.3 Å². The number of aryl methyl sites for hydroxylation is 1. The lowest BCUT2D eigenvalue weighted by molar-refractivity contribution is 0.104. The standard InChI is InChI=1S/C18H15FOS/c1-2-4-12-5-3-6-13(9-12)18(20)17-11-14-10-15(19)7-8-16(14)21-17/h3,5-11H,2,4H2,1H3. The Morgan fingerprint density at radius 3 is 2.81 bits per heavy atom. The molecule has 3 rings (SSSR count). The lowest BCUT2D eigenvalue weighted by Crippen LogP contribution is -1.99.